The molecule has 2 heteroatoms. The fourth-order valence-electron chi connectivity index (χ4n) is 0.563. The van der Waals surface area contributed by atoms with E-state index in [4.69, 9.17) is 4.74 Å². The van der Waals surface area contributed by atoms with E-state index in [2.05, 4.69) is 6.58 Å². The van der Waals surface area contributed by atoms with Crippen molar-refractivity contribution in [2.45, 2.75) is 19.3 Å². The summed E-state index contributed by atoms with van der Waals surface area (Å²) in [7, 11) is 0. The summed E-state index contributed by atoms with van der Waals surface area (Å²) in [6.07, 6.45) is 5.23. The Morgan fingerprint density at radius 1 is 1.30 bits per heavy atom. The van der Waals surface area contributed by atoms with Crippen LogP contribution in [-0.2, 0) is 9.53 Å². The maximum absolute atomic E-state index is 9.80. The Bertz CT molecular complexity index is 77.3. The van der Waals surface area contributed by atoms with Gasteiger partial charge in [0.2, 0.25) is 0 Å². The maximum atomic E-state index is 9.80. The predicted molar refractivity (Wildman–Crippen MR) is 40.9 cm³/mol. The SMILES string of the molecule is C=CCCCOCCC=O. The Hall–Kier alpha value is -0.630. The zero-order valence-corrected chi connectivity index (χ0v) is 6.21. The molecule has 0 bridgehead atoms. The van der Waals surface area contributed by atoms with Crippen LogP contribution in [0.25, 0.3) is 0 Å². The van der Waals surface area contributed by atoms with Crippen LogP contribution in [0, 0.1) is 0 Å². The molecular weight excluding hydrogens is 128 g/mol. The van der Waals surface area contributed by atoms with E-state index in [1.54, 1.807) is 0 Å². The van der Waals surface area contributed by atoms with Crippen LogP contribution in [0.15, 0.2) is 12.7 Å². The number of rotatable bonds is 7. The van der Waals surface area contributed by atoms with Crippen LogP contribution in [0.1, 0.15) is 19.3 Å². The van der Waals surface area contributed by atoms with Crippen LogP contribution < -0.4 is 0 Å². The van der Waals surface area contributed by atoms with E-state index in [0.717, 1.165) is 25.7 Å². The van der Waals surface area contributed by atoms with Crippen LogP contribution in [0.5, 0.6) is 0 Å². The van der Waals surface area contributed by atoms with Crippen molar-refractivity contribution in [2.75, 3.05) is 13.2 Å². The molecule has 0 N–H and O–H groups in total. The molecule has 0 rings (SSSR count). The molecule has 0 radical (unpaired) electrons. The third-order valence-corrected chi connectivity index (χ3v) is 1.08. The van der Waals surface area contributed by atoms with Gasteiger partial charge in [-0.15, -0.1) is 6.58 Å². The molecule has 0 aliphatic carbocycles. The highest BCUT2D eigenvalue weighted by atomic mass is 16.5. The van der Waals surface area contributed by atoms with Gasteiger partial charge in [0.15, 0.2) is 0 Å². The fourth-order valence-corrected chi connectivity index (χ4v) is 0.563. The summed E-state index contributed by atoms with van der Waals surface area (Å²) in [4.78, 5) is 9.80. The Morgan fingerprint density at radius 3 is 2.70 bits per heavy atom. The lowest BCUT2D eigenvalue weighted by molar-refractivity contribution is -0.108. The number of carbonyl (C=O) groups excluding carboxylic acids is 1. The van der Waals surface area contributed by atoms with Gasteiger partial charge in [-0.25, -0.2) is 0 Å². The van der Waals surface area contributed by atoms with E-state index in [1.807, 2.05) is 6.08 Å². The lowest BCUT2D eigenvalue weighted by Crippen LogP contribution is -1.96. The average molecular weight is 142 g/mol. The number of hydrogen-bond acceptors (Lipinski definition) is 2. The summed E-state index contributed by atoms with van der Waals surface area (Å²) in [6.45, 7) is 4.88. The molecule has 0 saturated heterocycles. The van der Waals surface area contributed by atoms with Crippen molar-refractivity contribution in [3.8, 4) is 0 Å². The van der Waals surface area contributed by atoms with Gasteiger partial charge in [-0.3, -0.25) is 0 Å². The molecule has 0 aromatic carbocycles. The number of unbranched alkanes of at least 4 members (excludes halogenated alkanes) is 1. The second kappa shape index (κ2) is 8.37. The molecule has 0 amide bonds. The van der Waals surface area contributed by atoms with Gasteiger partial charge in [-0.05, 0) is 12.8 Å². The predicted octanol–water partition coefficient (Wildman–Crippen LogP) is 1.56. The molecule has 0 aromatic heterocycles. The Balaban J connectivity index is 2.76. The van der Waals surface area contributed by atoms with Crippen molar-refractivity contribution >= 4 is 6.29 Å². The monoisotopic (exact) mass is 142 g/mol. The van der Waals surface area contributed by atoms with Gasteiger partial charge in [0.1, 0.15) is 6.29 Å². The minimum atomic E-state index is 0.508. The number of ether oxygens (including phenoxy) is 1. The van der Waals surface area contributed by atoms with Crippen molar-refractivity contribution in [2.24, 2.45) is 0 Å². The standard InChI is InChI=1S/C8H14O2/c1-2-3-4-7-10-8-5-6-9/h2,6H,1,3-5,7-8H2. The summed E-state index contributed by atoms with van der Waals surface area (Å²) in [5.41, 5.74) is 0. The number of aldehydes is 1. The molecule has 0 saturated carbocycles. The normalized spacial score (nSPS) is 9.20. The Morgan fingerprint density at radius 2 is 2.10 bits per heavy atom. The van der Waals surface area contributed by atoms with Gasteiger partial charge < -0.3 is 9.53 Å². The Kier molecular flexibility index (Phi) is 7.84. The van der Waals surface area contributed by atoms with Crippen LogP contribution in [0.4, 0.5) is 0 Å². The maximum Gasteiger partial charge on any atom is 0.122 e. The number of carbonyl (C=O) groups is 1. The molecule has 0 aromatic rings. The Labute approximate surface area is 61.9 Å². The number of allylic oxidation sites excluding steroid dienone is 1. The van der Waals surface area contributed by atoms with Gasteiger partial charge in [-0.2, -0.15) is 0 Å². The summed E-state index contributed by atoms with van der Waals surface area (Å²) in [6, 6.07) is 0. The quantitative estimate of drug-likeness (QED) is 0.306. The lowest BCUT2D eigenvalue weighted by Gasteiger charge is -1.97. The first kappa shape index (κ1) is 9.37. The largest absolute Gasteiger partial charge is 0.381 e. The van der Waals surface area contributed by atoms with E-state index >= 15 is 0 Å². The molecule has 0 spiro atoms. The van der Waals surface area contributed by atoms with Crippen LogP contribution >= 0.6 is 0 Å². The van der Waals surface area contributed by atoms with E-state index in [1.165, 1.54) is 0 Å². The van der Waals surface area contributed by atoms with Crippen LogP contribution in [-0.4, -0.2) is 19.5 Å². The first-order chi connectivity index (χ1) is 4.91. The van der Waals surface area contributed by atoms with Crippen molar-refractivity contribution in [3.63, 3.8) is 0 Å². The molecule has 0 heterocycles. The van der Waals surface area contributed by atoms with E-state index in [0.29, 0.717) is 13.0 Å². The second-order valence-electron chi connectivity index (χ2n) is 2.00. The zero-order valence-electron chi connectivity index (χ0n) is 6.21. The van der Waals surface area contributed by atoms with Crippen molar-refractivity contribution in [1.82, 2.24) is 0 Å². The summed E-state index contributed by atoms with van der Waals surface area (Å²) >= 11 is 0. The molecule has 10 heavy (non-hydrogen) atoms. The van der Waals surface area contributed by atoms with Crippen LogP contribution in [0.2, 0.25) is 0 Å². The van der Waals surface area contributed by atoms with Gasteiger partial charge in [0.25, 0.3) is 0 Å². The molecule has 0 aliphatic heterocycles. The van der Waals surface area contributed by atoms with E-state index in [9.17, 15) is 4.79 Å². The molecular formula is C8H14O2. The first-order valence-corrected chi connectivity index (χ1v) is 3.54. The van der Waals surface area contributed by atoms with E-state index < -0.39 is 0 Å². The van der Waals surface area contributed by atoms with Gasteiger partial charge in [0, 0.05) is 13.0 Å². The zero-order chi connectivity index (χ0) is 7.66. The minimum Gasteiger partial charge on any atom is -0.381 e. The van der Waals surface area contributed by atoms with Crippen molar-refractivity contribution in [1.29, 1.82) is 0 Å². The highest BCUT2D eigenvalue weighted by Crippen LogP contribution is 1.90. The summed E-state index contributed by atoms with van der Waals surface area (Å²) < 4.78 is 5.10. The van der Waals surface area contributed by atoms with Crippen molar-refractivity contribution in [3.05, 3.63) is 12.7 Å². The average Bonchev–Trinajstić information content (AvgIpc) is 1.97. The highest BCUT2D eigenvalue weighted by Gasteiger charge is 1.85. The second-order valence-corrected chi connectivity index (χ2v) is 2.00. The minimum absolute atomic E-state index is 0.508. The molecule has 58 valence electrons. The molecule has 0 fully saturated rings. The lowest BCUT2D eigenvalue weighted by atomic mass is 10.3. The molecule has 0 unspecified atom stereocenters. The summed E-state index contributed by atoms with van der Waals surface area (Å²) in [5.74, 6) is 0. The topological polar surface area (TPSA) is 26.3 Å². The van der Waals surface area contributed by atoms with E-state index in [-0.39, 0.29) is 0 Å². The van der Waals surface area contributed by atoms with Crippen LogP contribution in [0.3, 0.4) is 0 Å². The van der Waals surface area contributed by atoms with Gasteiger partial charge >= 0.3 is 0 Å². The van der Waals surface area contributed by atoms with Gasteiger partial charge in [0.05, 0.1) is 6.61 Å². The van der Waals surface area contributed by atoms with Gasteiger partial charge in [-0.1, -0.05) is 6.08 Å². The third-order valence-electron chi connectivity index (χ3n) is 1.08. The fraction of sp³-hybridized carbons (Fsp3) is 0.625. The smallest absolute Gasteiger partial charge is 0.122 e. The highest BCUT2D eigenvalue weighted by molar-refractivity contribution is 5.49. The molecule has 2 nitrogen and oxygen atoms in total. The molecule has 0 atom stereocenters. The molecule has 0 aliphatic rings. The van der Waals surface area contributed by atoms with Crippen molar-refractivity contribution < 1.29 is 9.53 Å². The third kappa shape index (κ3) is 7.37. The number of hydrogen-bond donors (Lipinski definition) is 0. The first-order valence-electron chi connectivity index (χ1n) is 3.54. The summed E-state index contributed by atoms with van der Waals surface area (Å²) in [5, 5.41) is 0.